The fourth-order valence-corrected chi connectivity index (χ4v) is 4.18. The Bertz CT molecular complexity index is 1460. The number of amides is 1. The molecule has 0 spiro atoms. The number of nitrogens with zero attached hydrogens (tertiary/aromatic N) is 4. The third-order valence-corrected chi connectivity index (χ3v) is 6.18. The SMILES string of the molecule is CCN(CC)c1ccc(C(=O)N(Cc2ccccc2)c2c(N)n(Cc3ccccc3)c(=O)[nH]c2=O)cn1. The zero-order chi connectivity index (χ0) is 26.4. The number of pyridine rings is 1. The van der Waals surface area contributed by atoms with Gasteiger partial charge in [-0.1, -0.05) is 60.7 Å². The molecule has 2 heterocycles. The molecule has 4 aromatic rings. The first-order valence-corrected chi connectivity index (χ1v) is 12.2. The fraction of sp³-hybridized carbons (Fsp3) is 0.214. The normalized spacial score (nSPS) is 10.8. The van der Waals surface area contributed by atoms with Crippen LogP contribution in [-0.4, -0.2) is 33.5 Å². The number of aromatic nitrogens is 3. The zero-order valence-corrected chi connectivity index (χ0v) is 20.9. The lowest BCUT2D eigenvalue weighted by atomic mass is 10.1. The summed E-state index contributed by atoms with van der Waals surface area (Å²) in [6.07, 6.45) is 1.50. The first-order valence-electron chi connectivity index (χ1n) is 12.2. The van der Waals surface area contributed by atoms with Gasteiger partial charge >= 0.3 is 5.69 Å². The smallest absolute Gasteiger partial charge is 0.330 e. The Morgan fingerprint density at radius 1 is 0.919 bits per heavy atom. The van der Waals surface area contributed by atoms with Crippen molar-refractivity contribution in [3.8, 4) is 0 Å². The van der Waals surface area contributed by atoms with Gasteiger partial charge in [0, 0.05) is 19.3 Å². The van der Waals surface area contributed by atoms with Gasteiger partial charge in [-0.15, -0.1) is 0 Å². The van der Waals surface area contributed by atoms with Crippen LogP contribution in [0.5, 0.6) is 0 Å². The van der Waals surface area contributed by atoms with Crippen molar-refractivity contribution in [1.82, 2.24) is 14.5 Å². The number of rotatable bonds is 9. The van der Waals surface area contributed by atoms with E-state index in [1.165, 1.54) is 15.7 Å². The molecule has 0 saturated carbocycles. The molecule has 0 aliphatic rings. The Kier molecular flexibility index (Phi) is 7.83. The van der Waals surface area contributed by atoms with Crippen molar-refractivity contribution in [3.05, 3.63) is 117 Å². The van der Waals surface area contributed by atoms with Crippen LogP contribution < -0.4 is 26.8 Å². The number of benzene rings is 2. The van der Waals surface area contributed by atoms with Crippen LogP contribution in [0.3, 0.4) is 0 Å². The van der Waals surface area contributed by atoms with E-state index in [2.05, 4.69) is 14.9 Å². The van der Waals surface area contributed by atoms with Crippen LogP contribution in [0.2, 0.25) is 0 Å². The maximum Gasteiger partial charge on any atom is 0.330 e. The molecule has 1 amide bonds. The molecule has 0 aliphatic heterocycles. The highest BCUT2D eigenvalue weighted by Crippen LogP contribution is 2.23. The maximum atomic E-state index is 13.8. The first-order chi connectivity index (χ1) is 17.9. The molecule has 9 heteroatoms. The molecular formula is C28H30N6O3. The van der Waals surface area contributed by atoms with E-state index in [4.69, 9.17) is 5.73 Å². The molecule has 0 aliphatic carbocycles. The van der Waals surface area contributed by atoms with Gasteiger partial charge in [0.1, 0.15) is 11.6 Å². The Labute approximate surface area is 214 Å². The van der Waals surface area contributed by atoms with Crippen LogP contribution in [0.4, 0.5) is 17.3 Å². The van der Waals surface area contributed by atoms with E-state index in [1.807, 2.05) is 74.5 Å². The Morgan fingerprint density at radius 2 is 1.54 bits per heavy atom. The van der Waals surface area contributed by atoms with Crippen molar-refractivity contribution < 1.29 is 4.79 Å². The van der Waals surface area contributed by atoms with E-state index in [0.717, 1.165) is 30.0 Å². The Morgan fingerprint density at radius 3 is 2.11 bits per heavy atom. The van der Waals surface area contributed by atoms with Crippen molar-refractivity contribution in [2.45, 2.75) is 26.9 Å². The molecule has 0 fully saturated rings. The number of carbonyl (C=O) groups is 1. The van der Waals surface area contributed by atoms with Crippen LogP contribution in [0.25, 0.3) is 0 Å². The highest BCUT2D eigenvalue weighted by atomic mass is 16.2. The van der Waals surface area contributed by atoms with Gasteiger partial charge in [-0.2, -0.15) is 0 Å². The monoisotopic (exact) mass is 498 g/mol. The minimum Gasteiger partial charge on any atom is -0.383 e. The highest BCUT2D eigenvalue weighted by molar-refractivity contribution is 6.07. The van der Waals surface area contributed by atoms with Crippen LogP contribution in [-0.2, 0) is 13.1 Å². The second kappa shape index (κ2) is 11.4. The Hall–Kier alpha value is -4.66. The number of hydrogen-bond donors (Lipinski definition) is 2. The van der Waals surface area contributed by atoms with E-state index in [-0.39, 0.29) is 24.6 Å². The summed E-state index contributed by atoms with van der Waals surface area (Å²) >= 11 is 0. The molecule has 2 aromatic heterocycles. The number of anilines is 3. The van der Waals surface area contributed by atoms with Crippen molar-refractivity contribution in [1.29, 1.82) is 0 Å². The summed E-state index contributed by atoms with van der Waals surface area (Å²) < 4.78 is 1.26. The van der Waals surface area contributed by atoms with Crippen LogP contribution in [0, 0.1) is 0 Å². The minimum atomic E-state index is -0.733. The van der Waals surface area contributed by atoms with E-state index < -0.39 is 17.2 Å². The second-order valence-electron chi connectivity index (χ2n) is 8.52. The predicted octanol–water partition coefficient (Wildman–Crippen LogP) is 3.26. The molecule has 9 nitrogen and oxygen atoms in total. The standard InChI is InChI=1S/C28H30N6O3/c1-3-32(4-2)23-16-15-22(17-30-23)27(36)33(18-20-11-7-5-8-12-20)24-25(29)34(28(37)31-26(24)35)19-21-13-9-6-10-14-21/h5-17H,3-4,18-19,29H2,1-2H3,(H,31,35,37). The molecule has 2 aromatic carbocycles. The maximum absolute atomic E-state index is 13.8. The summed E-state index contributed by atoms with van der Waals surface area (Å²) in [5.74, 6) is 0.212. The number of carbonyl (C=O) groups excluding carboxylic acids is 1. The van der Waals surface area contributed by atoms with Crippen molar-refractivity contribution in [2.75, 3.05) is 28.6 Å². The first kappa shape index (κ1) is 25.4. The number of H-pyrrole nitrogens is 1. The van der Waals surface area contributed by atoms with Gasteiger partial charge in [0.05, 0.1) is 18.7 Å². The molecular weight excluding hydrogens is 468 g/mol. The van der Waals surface area contributed by atoms with Crippen LogP contribution in [0.15, 0.2) is 88.6 Å². The lowest BCUT2D eigenvalue weighted by molar-refractivity contribution is 0.0984. The molecule has 0 unspecified atom stereocenters. The molecule has 190 valence electrons. The van der Waals surface area contributed by atoms with E-state index in [0.29, 0.717) is 5.56 Å². The zero-order valence-electron chi connectivity index (χ0n) is 20.9. The van der Waals surface area contributed by atoms with Crippen LogP contribution in [0.1, 0.15) is 35.3 Å². The number of aromatic amines is 1. The van der Waals surface area contributed by atoms with Crippen LogP contribution >= 0.6 is 0 Å². The second-order valence-corrected chi connectivity index (χ2v) is 8.52. The minimum absolute atomic E-state index is 0.0777. The van der Waals surface area contributed by atoms with Gasteiger partial charge in [-0.25, -0.2) is 9.78 Å². The predicted molar refractivity (Wildman–Crippen MR) is 146 cm³/mol. The van der Waals surface area contributed by atoms with E-state index in [9.17, 15) is 14.4 Å². The van der Waals surface area contributed by atoms with Crippen molar-refractivity contribution in [2.24, 2.45) is 0 Å². The summed E-state index contributed by atoms with van der Waals surface area (Å²) in [5.41, 5.74) is 6.88. The van der Waals surface area contributed by atoms with E-state index >= 15 is 0 Å². The summed E-state index contributed by atoms with van der Waals surface area (Å²) in [6.45, 7) is 5.85. The average Bonchev–Trinajstić information content (AvgIpc) is 2.92. The molecule has 0 bridgehead atoms. The van der Waals surface area contributed by atoms with Gasteiger partial charge in [0.25, 0.3) is 11.5 Å². The molecule has 4 rings (SSSR count). The molecule has 0 radical (unpaired) electrons. The number of nitrogen functional groups attached to an aromatic ring is 1. The average molecular weight is 499 g/mol. The fourth-order valence-electron chi connectivity index (χ4n) is 4.18. The molecule has 37 heavy (non-hydrogen) atoms. The quantitative estimate of drug-likeness (QED) is 0.366. The number of nitrogens with two attached hydrogens (primary N) is 1. The van der Waals surface area contributed by atoms with Gasteiger partial charge in [-0.05, 0) is 37.1 Å². The van der Waals surface area contributed by atoms with Gasteiger partial charge in [-0.3, -0.25) is 24.0 Å². The van der Waals surface area contributed by atoms with Gasteiger partial charge in [0.15, 0.2) is 5.69 Å². The van der Waals surface area contributed by atoms with Crippen molar-refractivity contribution in [3.63, 3.8) is 0 Å². The largest absolute Gasteiger partial charge is 0.383 e. The highest BCUT2D eigenvalue weighted by Gasteiger charge is 2.26. The topological polar surface area (TPSA) is 117 Å². The van der Waals surface area contributed by atoms with Gasteiger partial charge in [0.2, 0.25) is 0 Å². The third-order valence-electron chi connectivity index (χ3n) is 6.18. The summed E-state index contributed by atoms with van der Waals surface area (Å²) in [7, 11) is 0. The van der Waals surface area contributed by atoms with Crippen molar-refractivity contribution >= 4 is 23.2 Å². The number of hydrogen-bond acceptors (Lipinski definition) is 6. The summed E-state index contributed by atoms with van der Waals surface area (Å²) in [5, 5.41) is 0. The summed E-state index contributed by atoms with van der Waals surface area (Å²) in [6, 6.07) is 22.0. The summed E-state index contributed by atoms with van der Waals surface area (Å²) in [4.78, 5) is 49.8. The third kappa shape index (κ3) is 5.61. The van der Waals surface area contributed by atoms with Gasteiger partial charge < -0.3 is 10.6 Å². The lowest BCUT2D eigenvalue weighted by Gasteiger charge is -2.25. The van der Waals surface area contributed by atoms with E-state index in [1.54, 1.807) is 12.1 Å². The lowest BCUT2D eigenvalue weighted by Crippen LogP contribution is -2.41. The molecule has 0 saturated heterocycles. The molecule has 3 N–H and O–H groups in total. The number of nitrogens with one attached hydrogen (secondary N) is 1. The molecule has 0 atom stereocenters. The Balaban J connectivity index is 1.80.